The molecule has 1 aliphatic heterocycles. The zero-order chi connectivity index (χ0) is 14.8. The molecule has 21 heavy (non-hydrogen) atoms. The SMILES string of the molecule is O=C(Nc1cc(Cl)nc(Cl)n1)[C@H]1Cc2ccccc2CN1. The van der Waals surface area contributed by atoms with Crippen LogP contribution >= 0.6 is 23.2 Å². The summed E-state index contributed by atoms with van der Waals surface area (Å²) in [6.07, 6.45) is 0.633. The Morgan fingerprint density at radius 2 is 2.00 bits per heavy atom. The van der Waals surface area contributed by atoms with Crippen LogP contribution in [0.2, 0.25) is 10.4 Å². The monoisotopic (exact) mass is 322 g/mol. The van der Waals surface area contributed by atoms with E-state index in [1.54, 1.807) is 0 Å². The highest BCUT2D eigenvalue weighted by Gasteiger charge is 2.24. The molecule has 0 bridgehead atoms. The van der Waals surface area contributed by atoms with Gasteiger partial charge in [-0.05, 0) is 29.1 Å². The first-order valence-corrected chi connectivity index (χ1v) is 7.18. The quantitative estimate of drug-likeness (QED) is 0.658. The molecule has 2 aromatic rings. The Morgan fingerprint density at radius 1 is 1.24 bits per heavy atom. The van der Waals surface area contributed by atoms with E-state index in [1.165, 1.54) is 17.2 Å². The first-order valence-electron chi connectivity index (χ1n) is 6.43. The number of anilines is 1. The molecule has 1 aliphatic rings. The Morgan fingerprint density at radius 3 is 2.76 bits per heavy atom. The van der Waals surface area contributed by atoms with E-state index in [1.807, 2.05) is 18.2 Å². The van der Waals surface area contributed by atoms with Gasteiger partial charge in [-0.15, -0.1) is 0 Å². The van der Waals surface area contributed by atoms with Gasteiger partial charge in [-0.25, -0.2) is 9.97 Å². The number of carbonyl (C=O) groups is 1. The maximum absolute atomic E-state index is 12.3. The molecule has 0 saturated heterocycles. The number of fused-ring (bicyclic) bond motifs is 1. The molecular weight excluding hydrogens is 311 g/mol. The Kier molecular flexibility index (Phi) is 4.05. The summed E-state index contributed by atoms with van der Waals surface area (Å²) < 4.78 is 0. The number of carbonyl (C=O) groups excluding carboxylic acids is 1. The summed E-state index contributed by atoms with van der Waals surface area (Å²) in [6, 6.07) is 9.21. The fourth-order valence-corrected chi connectivity index (χ4v) is 2.72. The average molecular weight is 323 g/mol. The number of aromatic nitrogens is 2. The molecule has 0 unspecified atom stereocenters. The van der Waals surface area contributed by atoms with E-state index in [0.29, 0.717) is 18.8 Å². The molecule has 1 aromatic heterocycles. The number of halogens is 2. The van der Waals surface area contributed by atoms with Gasteiger partial charge in [-0.1, -0.05) is 35.9 Å². The van der Waals surface area contributed by atoms with Crippen LogP contribution in [0.25, 0.3) is 0 Å². The number of rotatable bonds is 2. The molecule has 0 aliphatic carbocycles. The number of benzene rings is 1. The van der Waals surface area contributed by atoms with Crippen molar-refractivity contribution >= 4 is 34.9 Å². The fraction of sp³-hybridized carbons (Fsp3) is 0.214. The molecule has 0 fully saturated rings. The molecule has 108 valence electrons. The minimum Gasteiger partial charge on any atom is -0.309 e. The summed E-state index contributed by atoms with van der Waals surface area (Å²) >= 11 is 11.5. The number of hydrogen-bond donors (Lipinski definition) is 2. The van der Waals surface area contributed by atoms with Crippen molar-refractivity contribution in [3.63, 3.8) is 0 Å². The van der Waals surface area contributed by atoms with Crippen molar-refractivity contribution in [2.75, 3.05) is 5.32 Å². The Hall–Kier alpha value is -1.69. The smallest absolute Gasteiger partial charge is 0.243 e. The number of amides is 1. The van der Waals surface area contributed by atoms with Crippen molar-refractivity contribution in [3.8, 4) is 0 Å². The molecule has 0 radical (unpaired) electrons. The summed E-state index contributed by atoms with van der Waals surface area (Å²) in [5.41, 5.74) is 2.39. The maximum atomic E-state index is 12.3. The molecule has 0 saturated carbocycles. The molecular formula is C14H12Cl2N4O. The van der Waals surface area contributed by atoms with Crippen LogP contribution in [-0.4, -0.2) is 21.9 Å². The largest absolute Gasteiger partial charge is 0.309 e. The van der Waals surface area contributed by atoms with Crippen molar-refractivity contribution < 1.29 is 4.79 Å². The zero-order valence-corrected chi connectivity index (χ0v) is 12.4. The van der Waals surface area contributed by atoms with E-state index in [0.717, 1.165) is 0 Å². The van der Waals surface area contributed by atoms with Gasteiger partial charge < -0.3 is 10.6 Å². The molecule has 1 amide bonds. The van der Waals surface area contributed by atoms with Gasteiger partial charge in [-0.2, -0.15) is 0 Å². The predicted molar refractivity (Wildman–Crippen MR) is 81.5 cm³/mol. The zero-order valence-electron chi connectivity index (χ0n) is 10.9. The van der Waals surface area contributed by atoms with Crippen LogP contribution in [0.1, 0.15) is 11.1 Å². The second kappa shape index (κ2) is 5.97. The van der Waals surface area contributed by atoms with Crippen LogP contribution in [0.15, 0.2) is 30.3 Å². The second-order valence-electron chi connectivity index (χ2n) is 4.74. The van der Waals surface area contributed by atoms with E-state index in [9.17, 15) is 4.79 Å². The molecule has 2 N–H and O–H groups in total. The third-order valence-electron chi connectivity index (χ3n) is 3.32. The van der Waals surface area contributed by atoms with Crippen LogP contribution in [0, 0.1) is 0 Å². The summed E-state index contributed by atoms with van der Waals surface area (Å²) in [7, 11) is 0. The van der Waals surface area contributed by atoms with Crippen LogP contribution in [-0.2, 0) is 17.8 Å². The lowest BCUT2D eigenvalue weighted by molar-refractivity contribution is -0.118. The van der Waals surface area contributed by atoms with E-state index in [4.69, 9.17) is 23.2 Å². The molecule has 7 heteroatoms. The molecule has 2 heterocycles. The highest BCUT2D eigenvalue weighted by atomic mass is 35.5. The van der Waals surface area contributed by atoms with E-state index in [2.05, 4.69) is 26.7 Å². The Balaban J connectivity index is 1.72. The predicted octanol–water partition coefficient (Wildman–Crippen LogP) is 2.44. The van der Waals surface area contributed by atoms with Crippen molar-refractivity contribution in [3.05, 3.63) is 51.9 Å². The van der Waals surface area contributed by atoms with Crippen LogP contribution in [0.5, 0.6) is 0 Å². The normalized spacial score (nSPS) is 17.1. The number of nitrogens with zero attached hydrogens (tertiary/aromatic N) is 2. The number of hydrogen-bond acceptors (Lipinski definition) is 4. The average Bonchev–Trinajstić information content (AvgIpc) is 2.45. The fourth-order valence-electron chi connectivity index (χ4n) is 2.31. The third-order valence-corrected chi connectivity index (χ3v) is 3.68. The summed E-state index contributed by atoms with van der Waals surface area (Å²) in [5, 5.41) is 6.09. The molecule has 5 nitrogen and oxygen atoms in total. The first-order chi connectivity index (χ1) is 10.1. The van der Waals surface area contributed by atoms with Crippen LogP contribution < -0.4 is 10.6 Å². The van der Waals surface area contributed by atoms with Crippen LogP contribution in [0.3, 0.4) is 0 Å². The van der Waals surface area contributed by atoms with Gasteiger partial charge in [0.25, 0.3) is 0 Å². The number of nitrogens with one attached hydrogen (secondary N) is 2. The van der Waals surface area contributed by atoms with Gasteiger partial charge >= 0.3 is 0 Å². The van der Waals surface area contributed by atoms with Crippen LogP contribution in [0.4, 0.5) is 5.82 Å². The summed E-state index contributed by atoms with van der Waals surface area (Å²) in [6.45, 7) is 0.666. The standard InChI is InChI=1S/C14H12Cl2N4O/c15-11-6-12(20-14(16)18-11)19-13(21)10-5-8-3-1-2-4-9(8)7-17-10/h1-4,6,10,17H,5,7H2,(H,18,19,20,21)/t10-/m1/s1. The van der Waals surface area contributed by atoms with E-state index >= 15 is 0 Å². The topological polar surface area (TPSA) is 66.9 Å². The molecule has 1 atom stereocenters. The summed E-state index contributed by atoms with van der Waals surface area (Å²) in [4.78, 5) is 19.9. The van der Waals surface area contributed by atoms with Gasteiger partial charge in [0.2, 0.25) is 11.2 Å². The Bertz CT molecular complexity index is 672. The highest BCUT2D eigenvalue weighted by molar-refractivity contribution is 6.32. The van der Waals surface area contributed by atoms with Gasteiger partial charge in [0, 0.05) is 12.6 Å². The first kappa shape index (κ1) is 14.3. The Labute approximate surface area is 131 Å². The molecule has 1 aromatic carbocycles. The summed E-state index contributed by atoms with van der Waals surface area (Å²) in [5.74, 6) is 0.126. The van der Waals surface area contributed by atoms with E-state index in [-0.39, 0.29) is 22.4 Å². The third kappa shape index (κ3) is 3.32. The van der Waals surface area contributed by atoms with Crippen molar-refractivity contribution in [1.29, 1.82) is 0 Å². The van der Waals surface area contributed by atoms with Crippen molar-refractivity contribution in [2.45, 2.75) is 19.0 Å². The maximum Gasteiger partial charge on any atom is 0.243 e. The lowest BCUT2D eigenvalue weighted by atomic mass is 9.95. The van der Waals surface area contributed by atoms with Crippen molar-refractivity contribution in [2.24, 2.45) is 0 Å². The lowest BCUT2D eigenvalue weighted by Crippen LogP contribution is -2.44. The van der Waals surface area contributed by atoms with Gasteiger partial charge in [0.05, 0.1) is 6.04 Å². The lowest BCUT2D eigenvalue weighted by Gasteiger charge is -2.25. The minimum absolute atomic E-state index is 0.000232. The van der Waals surface area contributed by atoms with E-state index < -0.39 is 0 Å². The highest BCUT2D eigenvalue weighted by Crippen LogP contribution is 2.18. The molecule has 0 spiro atoms. The second-order valence-corrected chi connectivity index (χ2v) is 5.47. The molecule has 3 rings (SSSR count). The minimum atomic E-state index is -0.313. The van der Waals surface area contributed by atoms with Gasteiger partial charge in [-0.3, -0.25) is 4.79 Å². The van der Waals surface area contributed by atoms with Crippen molar-refractivity contribution in [1.82, 2.24) is 15.3 Å². The van der Waals surface area contributed by atoms with Gasteiger partial charge in [0.1, 0.15) is 11.0 Å². The van der Waals surface area contributed by atoms with Gasteiger partial charge in [0.15, 0.2) is 0 Å².